The smallest absolute Gasteiger partial charge is 0.338 e. The first-order valence-corrected chi connectivity index (χ1v) is 3.45. The first kappa shape index (κ1) is 11.9. The Labute approximate surface area is 75.4 Å². The fourth-order valence-corrected chi connectivity index (χ4v) is 0.715. The molecule has 0 aromatic rings. The van der Waals surface area contributed by atoms with E-state index < -0.39 is 24.1 Å². The van der Waals surface area contributed by atoms with Gasteiger partial charge in [-0.3, -0.25) is 0 Å². The van der Waals surface area contributed by atoms with E-state index in [-0.39, 0.29) is 0 Å². The number of ether oxygens (including phenoxy) is 3. The van der Waals surface area contributed by atoms with Crippen LogP contribution in [0, 0.1) is 0 Å². The lowest BCUT2D eigenvalue weighted by Gasteiger charge is -2.16. The molecular weight excluding hydrogens is 180 g/mol. The Morgan fingerprint density at radius 1 is 1.08 bits per heavy atom. The molecule has 0 saturated carbocycles. The van der Waals surface area contributed by atoms with E-state index in [0.717, 1.165) is 14.2 Å². The summed E-state index contributed by atoms with van der Waals surface area (Å²) in [6.07, 6.45) is -3.01. The van der Waals surface area contributed by atoms with Crippen molar-refractivity contribution in [1.82, 2.24) is 0 Å². The number of aliphatic hydroxyl groups excluding tert-OH is 1. The lowest BCUT2D eigenvalue weighted by atomic mass is 10.2. The average Bonchev–Trinajstić information content (AvgIpc) is 2.17. The molecule has 0 radical (unpaired) electrons. The molecule has 6 nitrogen and oxygen atoms in total. The molecule has 2 atom stereocenters. The van der Waals surface area contributed by atoms with E-state index in [4.69, 9.17) is 0 Å². The van der Waals surface area contributed by atoms with Crippen LogP contribution in [0.15, 0.2) is 0 Å². The Bertz CT molecular complexity index is 189. The summed E-state index contributed by atoms with van der Waals surface area (Å²) >= 11 is 0. The van der Waals surface area contributed by atoms with E-state index in [9.17, 15) is 14.7 Å². The zero-order chi connectivity index (χ0) is 10.4. The van der Waals surface area contributed by atoms with Crippen LogP contribution >= 0.6 is 0 Å². The van der Waals surface area contributed by atoms with E-state index in [2.05, 4.69) is 14.2 Å². The van der Waals surface area contributed by atoms with Crippen LogP contribution in [0.4, 0.5) is 0 Å². The summed E-state index contributed by atoms with van der Waals surface area (Å²) in [6.45, 7) is 0. The van der Waals surface area contributed by atoms with E-state index in [0.29, 0.717) is 0 Å². The highest BCUT2D eigenvalue weighted by Crippen LogP contribution is 2.02. The van der Waals surface area contributed by atoms with Crippen molar-refractivity contribution in [3.63, 3.8) is 0 Å². The van der Waals surface area contributed by atoms with E-state index in [1.54, 1.807) is 0 Å². The van der Waals surface area contributed by atoms with Gasteiger partial charge in [0.05, 0.1) is 14.2 Å². The van der Waals surface area contributed by atoms with Gasteiger partial charge in [0.2, 0.25) is 0 Å². The third kappa shape index (κ3) is 3.00. The van der Waals surface area contributed by atoms with Crippen LogP contribution < -0.4 is 0 Å². The molecular formula is C7H12O6. The second-order valence-electron chi connectivity index (χ2n) is 2.15. The summed E-state index contributed by atoms with van der Waals surface area (Å²) in [5.74, 6) is -1.78. The third-order valence-corrected chi connectivity index (χ3v) is 1.42. The van der Waals surface area contributed by atoms with Crippen molar-refractivity contribution < 1.29 is 28.9 Å². The normalized spacial score (nSPS) is 14.5. The van der Waals surface area contributed by atoms with E-state index in [1.807, 2.05) is 0 Å². The number of carbonyl (C=O) groups is 2. The SMILES string of the molecule is COC(=O)[C@@H](O)[C@@H](OC)C(=O)OC. The molecule has 0 unspecified atom stereocenters. The van der Waals surface area contributed by atoms with Crippen molar-refractivity contribution in [2.24, 2.45) is 0 Å². The van der Waals surface area contributed by atoms with Crippen LogP contribution in [0.25, 0.3) is 0 Å². The van der Waals surface area contributed by atoms with Crippen molar-refractivity contribution in [2.75, 3.05) is 21.3 Å². The highest BCUT2D eigenvalue weighted by atomic mass is 16.6. The van der Waals surface area contributed by atoms with Gasteiger partial charge in [-0.05, 0) is 0 Å². The molecule has 0 bridgehead atoms. The molecule has 0 aliphatic rings. The molecule has 0 fully saturated rings. The van der Waals surface area contributed by atoms with Gasteiger partial charge < -0.3 is 19.3 Å². The first-order chi connectivity index (χ1) is 6.08. The Morgan fingerprint density at radius 2 is 1.54 bits per heavy atom. The van der Waals surface area contributed by atoms with Crippen molar-refractivity contribution in [1.29, 1.82) is 0 Å². The number of esters is 2. The molecule has 0 amide bonds. The molecule has 0 aromatic carbocycles. The molecule has 0 saturated heterocycles. The molecule has 0 heterocycles. The predicted molar refractivity (Wildman–Crippen MR) is 40.8 cm³/mol. The maximum absolute atomic E-state index is 10.9. The molecule has 13 heavy (non-hydrogen) atoms. The highest BCUT2D eigenvalue weighted by Gasteiger charge is 2.33. The van der Waals surface area contributed by atoms with Crippen molar-refractivity contribution in [3.8, 4) is 0 Å². The van der Waals surface area contributed by atoms with Crippen LogP contribution in [-0.2, 0) is 23.8 Å². The van der Waals surface area contributed by atoms with Crippen LogP contribution in [0.3, 0.4) is 0 Å². The zero-order valence-electron chi connectivity index (χ0n) is 7.64. The summed E-state index contributed by atoms with van der Waals surface area (Å²) < 4.78 is 13.1. The van der Waals surface area contributed by atoms with Gasteiger partial charge in [-0.15, -0.1) is 0 Å². The topological polar surface area (TPSA) is 82.1 Å². The number of carbonyl (C=O) groups excluding carboxylic acids is 2. The third-order valence-electron chi connectivity index (χ3n) is 1.42. The molecule has 0 spiro atoms. The Morgan fingerprint density at radius 3 is 1.85 bits per heavy atom. The molecule has 6 heteroatoms. The summed E-state index contributed by atoms with van der Waals surface area (Å²) in [7, 11) is 3.39. The minimum Gasteiger partial charge on any atom is -0.467 e. The molecule has 0 rings (SSSR count). The lowest BCUT2D eigenvalue weighted by molar-refractivity contribution is -0.172. The molecule has 0 aliphatic heterocycles. The molecule has 76 valence electrons. The van der Waals surface area contributed by atoms with Gasteiger partial charge in [0.1, 0.15) is 0 Å². The largest absolute Gasteiger partial charge is 0.467 e. The fraction of sp³-hybridized carbons (Fsp3) is 0.714. The molecule has 1 N–H and O–H groups in total. The number of rotatable bonds is 4. The van der Waals surface area contributed by atoms with Crippen molar-refractivity contribution in [2.45, 2.75) is 12.2 Å². The van der Waals surface area contributed by atoms with Crippen LogP contribution in [-0.4, -0.2) is 50.6 Å². The first-order valence-electron chi connectivity index (χ1n) is 3.45. The Balaban J connectivity index is 4.39. The van der Waals surface area contributed by atoms with E-state index in [1.165, 1.54) is 7.11 Å². The van der Waals surface area contributed by atoms with Gasteiger partial charge in [0.15, 0.2) is 12.2 Å². The second kappa shape index (κ2) is 5.50. The molecule has 0 aliphatic carbocycles. The summed E-state index contributed by atoms with van der Waals surface area (Å²) in [5, 5.41) is 9.18. The number of hydrogen-bond acceptors (Lipinski definition) is 6. The maximum Gasteiger partial charge on any atom is 0.338 e. The van der Waals surface area contributed by atoms with Gasteiger partial charge in [0, 0.05) is 7.11 Å². The van der Waals surface area contributed by atoms with Crippen LogP contribution in [0.2, 0.25) is 0 Å². The lowest BCUT2D eigenvalue weighted by Crippen LogP contribution is -2.42. The quantitative estimate of drug-likeness (QED) is 0.558. The van der Waals surface area contributed by atoms with Crippen molar-refractivity contribution >= 4 is 11.9 Å². The maximum atomic E-state index is 10.9. The van der Waals surface area contributed by atoms with E-state index >= 15 is 0 Å². The highest BCUT2D eigenvalue weighted by molar-refractivity contribution is 5.85. The monoisotopic (exact) mass is 192 g/mol. The van der Waals surface area contributed by atoms with Gasteiger partial charge in [-0.2, -0.15) is 0 Å². The van der Waals surface area contributed by atoms with Gasteiger partial charge in [0.25, 0.3) is 0 Å². The summed E-state index contributed by atoms with van der Waals surface area (Å²) in [6, 6.07) is 0. The Hall–Kier alpha value is -1.14. The Kier molecular flexibility index (Phi) is 5.01. The van der Waals surface area contributed by atoms with Crippen molar-refractivity contribution in [3.05, 3.63) is 0 Å². The number of hydrogen-bond donors (Lipinski definition) is 1. The zero-order valence-corrected chi connectivity index (χ0v) is 7.64. The van der Waals surface area contributed by atoms with Crippen LogP contribution in [0.1, 0.15) is 0 Å². The number of aliphatic hydroxyl groups is 1. The second-order valence-corrected chi connectivity index (χ2v) is 2.15. The predicted octanol–water partition coefficient (Wildman–Crippen LogP) is -1.29. The summed E-state index contributed by atoms with van der Waals surface area (Å²) in [4.78, 5) is 21.7. The molecule has 0 aromatic heterocycles. The van der Waals surface area contributed by atoms with Crippen LogP contribution in [0.5, 0.6) is 0 Å². The van der Waals surface area contributed by atoms with Gasteiger partial charge in [-0.1, -0.05) is 0 Å². The van der Waals surface area contributed by atoms with Gasteiger partial charge in [-0.25, -0.2) is 9.59 Å². The minimum atomic E-state index is -1.66. The summed E-state index contributed by atoms with van der Waals surface area (Å²) in [5.41, 5.74) is 0. The average molecular weight is 192 g/mol. The minimum absolute atomic E-state index is 0.833. The van der Waals surface area contributed by atoms with Gasteiger partial charge >= 0.3 is 11.9 Å². The number of methoxy groups -OCH3 is 3. The standard InChI is InChI=1S/C7H12O6/c1-11-5(7(10)13-3)4(8)6(9)12-2/h4-5,8H,1-3H3/t4-,5+/m0/s1. The fourth-order valence-electron chi connectivity index (χ4n) is 0.715.